The van der Waals surface area contributed by atoms with Gasteiger partial charge < -0.3 is 20.1 Å². The summed E-state index contributed by atoms with van der Waals surface area (Å²) in [6.45, 7) is 11.5. The number of carbonyl (C=O) groups excluding carboxylic acids is 1. The number of likely N-dealkylation sites (N-methyl/N-ethyl adjacent to an activating group) is 1. The highest BCUT2D eigenvalue weighted by atomic mass is 16.5. The predicted octanol–water partition coefficient (Wildman–Crippen LogP) is 1.86. The van der Waals surface area contributed by atoms with Crippen LogP contribution in [0, 0.1) is 13.8 Å². The molecule has 1 atom stereocenters. The number of nitrogens with one attached hydrogen (secondary N) is 2. The van der Waals surface area contributed by atoms with Crippen molar-refractivity contribution in [3.8, 4) is 0 Å². The molecule has 1 aromatic heterocycles. The molecular weight excluding hydrogens is 268 g/mol. The Balaban J connectivity index is 2.31. The van der Waals surface area contributed by atoms with Crippen LogP contribution in [-0.4, -0.2) is 48.3 Å². The van der Waals surface area contributed by atoms with E-state index in [9.17, 15) is 4.79 Å². The highest BCUT2D eigenvalue weighted by Gasteiger charge is 2.14. The SMILES string of the molecule is Cc1noc(C)c1C[C@@H](C)NC(=O)NCCN(C)C(C)C. The number of nitrogens with zero attached hydrogens (tertiary/aromatic N) is 2. The van der Waals surface area contributed by atoms with E-state index in [-0.39, 0.29) is 12.1 Å². The average Bonchev–Trinajstić information content (AvgIpc) is 2.70. The van der Waals surface area contributed by atoms with Crippen LogP contribution >= 0.6 is 0 Å². The van der Waals surface area contributed by atoms with E-state index in [4.69, 9.17) is 4.52 Å². The van der Waals surface area contributed by atoms with Crippen LogP contribution in [0.4, 0.5) is 4.79 Å². The van der Waals surface area contributed by atoms with Gasteiger partial charge in [0.2, 0.25) is 0 Å². The lowest BCUT2D eigenvalue weighted by atomic mass is 10.1. The summed E-state index contributed by atoms with van der Waals surface area (Å²) in [5, 5.41) is 9.74. The summed E-state index contributed by atoms with van der Waals surface area (Å²) in [5.74, 6) is 0.820. The van der Waals surface area contributed by atoms with Crippen LogP contribution < -0.4 is 10.6 Å². The van der Waals surface area contributed by atoms with Crippen molar-refractivity contribution >= 4 is 6.03 Å². The molecule has 2 amide bonds. The van der Waals surface area contributed by atoms with Crippen molar-refractivity contribution in [2.75, 3.05) is 20.1 Å². The monoisotopic (exact) mass is 296 g/mol. The number of aryl methyl sites for hydroxylation is 2. The number of hydrogen-bond acceptors (Lipinski definition) is 4. The number of hydrogen-bond donors (Lipinski definition) is 2. The Kier molecular flexibility index (Phi) is 6.68. The fourth-order valence-corrected chi connectivity index (χ4v) is 2.03. The fraction of sp³-hybridized carbons (Fsp3) is 0.733. The fourth-order valence-electron chi connectivity index (χ4n) is 2.03. The molecule has 120 valence electrons. The Morgan fingerprint density at radius 1 is 1.33 bits per heavy atom. The van der Waals surface area contributed by atoms with Crippen LogP contribution in [0.25, 0.3) is 0 Å². The van der Waals surface area contributed by atoms with Gasteiger partial charge in [0.25, 0.3) is 0 Å². The minimum Gasteiger partial charge on any atom is -0.361 e. The lowest BCUT2D eigenvalue weighted by Gasteiger charge is -2.21. The third kappa shape index (κ3) is 5.75. The quantitative estimate of drug-likeness (QED) is 0.806. The van der Waals surface area contributed by atoms with Crippen LogP contribution in [0.2, 0.25) is 0 Å². The molecule has 1 aromatic rings. The van der Waals surface area contributed by atoms with Gasteiger partial charge in [-0.15, -0.1) is 0 Å². The first-order valence-electron chi connectivity index (χ1n) is 7.47. The van der Waals surface area contributed by atoms with Crippen molar-refractivity contribution < 1.29 is 9.32 Å². The van der Waals surface area contributed by atoms with Gasteiger partial charge in [0.15, 0.2) is 0 Å². The van der Waals surface area contributed by atoms with Gasteiger partial charge >= 0.3 is 6.03 Å². The lowest BCUT2D eigenvalue weighted by Crippen LogP contribution is -2.44. The van der Waals surface area contributed by atoms with Crippen molar-refractivity contribution in [1.82, 2.24) is 20.7 Å². The molecule has 0 aromatic carbocycles. The number of rotatable bonds is 7. The van der Waals surface area contributed by atoms with Gasteiger partial charge in [-0.3, -0.25) is 0 Å². The second-order valence-electron chi connectivity index (χ2n) is 5.88. The van der Waals surface area contributed by atoms with E-state index >= 15 is 0 Å². The van der Waals surface area contributed by atoms with Gasteiger partial charge in [-0.25, -0.2) is 4.79 Å². The molecule has 0 unspecified atom stereocenters. The normalized spacial score (nSPS) is 12.8. The zero-order chi connectivity index (χ0) is 16.0. The Morgan fingerprint density at radius 3 is 2.52 bits per heavy atom. The molecule has 6 nitrogen and oxygen atoms in total. The van der Waals surface area contributed by atoms with Crippen molar-refractivity contribution in [3.05, 3.63) is 17.0 Å². The van der Waals surface area contributed by atoms with Crippen LogP contribution in [-0.2, 0) is 6.42 Å². The van der Waals surface area contributed by atoms with Crippen molar-refractivity contribution in [1.29, 1.82) is 0 Å². The summed E-state index contributed by atoms with van der Waals surface area (Å²) in [4.78, 5) is 14.0. The molecule has 1 heterocycles. The lowest BCUT2D eigenvalue weighted by molar-refractivity contribution is 0.231. The van der Waals surface area contributed by atoms with Crippen LogP contribution in [0.3, 0.4) is 0 Å². The highest BCUT2D eigenvalue weighted by molar-refractivity contribution is 5.74. The highest BCUT2D eigenvalue weighted by Crippen LogP contribution is 2.14. The van der Waals surface area contributed by atoms with Crippen LogP contribution in [0.5, 0.6) is 0 Å². The van der Waals surface area contributed by atoms with Crippen molar-refractivity contribution in [3.63, 3.8) is 0 Å². The third-order valence-corrected chi connectivity index (χ3v) is 3.70. The van der Waals surface area contributed by atoms with E-state index < -0.39 is 0 Å². The number of carbonyl (C=O) groups is 1. The molecular formula is C15H28N4O2. The molecule has 6 heteroatoms. The molecule has 0 fully saturated rings. The summed E-state index contributed by atoms with van der Waals surface area (Å²) in [6.07, 6.45) is 0.723. The molecule has 0 aliphatic heterocycles. The van der Waals surface area contributed by atoms with E-state index in [2.05, 4.69) is 34.5 Å². The van der Waals surface area contributed by atoms with Crippen LogP contribution in [0.1, 0.15) is 37.8 Å². The second kappa shape index (κ2) is 8.02. The summed E-state index contributed by atoms with van der Waals surface area (Å²) in [7, 11) is 2.05. The first-order chi connectivity index (χ1) is 9.81. The van der Waals surface area contributed by atoms with Crippen molar-refractivity contribution in [2.45, 2.75) is 53.1 Å². The molecule has 1 rings (SSSR count). The van der Waals surface area contributed by atoms with Gasteiger partial charge in [-0.05, 0) is 48.1 Å². The van der Waals surface area contributed by atoms with Gasteiger partial charge in [-0.1, -0.05) is 5.16 Å². The summed E-state index contributed by atoms with van der Waals surface area (Å²) < 4.78 is 5.13. The molecule has 0 spiro atoms. The summed E-state index contributed by atoms with van der Waals surface area (Å²) in [5.41, 5.74) is 1.96. The van der Waals surface area contributed by atoms with Gasteiger partial charge in [-0.2, -0.15) is 0 Å². The molecule has 0 saturated carbocycles. The topological polar surface area (TPSA) is 70.4 Å². The first-order valence-corrected chi connectivity index (χ1v) is 7.47. The molecule has 0 bridgehead atoms. The van der Waals surface area contributed by atoms with E-state index in [1.165, 1.54) is 0 Å². The van der Waals surface area contributed by atoms with Crippen molar-refractivity contribution in [2.24, 2.45) is 0 Å². The van der Waals surface area contributed by atoms with E-state index in [1.807, 2.05) is 27.8 Å². The third-order valence-electron chi connectivity index (χ3n) is 3.70. The Hall–Kier alpha value is -1.56. The zero-order valence-electron chi connectivity index (χ0n) is 14.0. The van der Waals surface area contributed by atoms with E-state index in [0.717, 1.165) is 30.0 Å². The molecule has 21 heavy (non-hydrogen) atoms. The largest absolute Gasteiger partial charge is 0.361 e. The minimum atomic E-state index is -0.133. The van der Waals surface area contributed by atoms with Crippen LogP contribution in [0.15, 0.2) is 4.52 Å². The van der Waals surface area contributed by atoms with Gasteiger partial charge in [0.05, 0.1) is 5.69 Å². The van der Waals surface area contributed by atoms with Gasteiger partial charge in [0.1, 0.15) is 5.76 Å². The summed E-state index contributed by atoms with van der Waals surface area (Å²) in [6, 6.07) is 0.379. The smallest absolute Gasteiger partial charge is 0.315 e. The second-order valence-corrected chi connectivity index (χ2v) is 5.88. The number of amides is 2. The maximum absolute atomic E-state index is 11.8. The summed E-state index contributed by atoms with van der Waals surface area (Å²) >= 11 is 0. The van der Waals surface area contributed by atoms with E-state index in [1.54, 1.807) is 0 Å². The van der Waals surface area contributed by atoms with Gasteiger partial charge in [0, 0.05) is 30.7 Å². The Morgan fingerprint density at radius 2 is 2.00 bits per heavy atom. The number of urea groups is 1. The Labute approximate surface area is 127 Å². The molecule has 0 aliphatic rings. The maximum Gasteiger partial charge on any atom is 0.315 e. The zero-order valence-corrected chi connectivity index (χ0v) is 14.0. The molecule has 2 N–H and O–H groups in total. The molecule has 0 radical (unpaired) electrons. The predicted molar refractivity (Wildman–Crippen MR) is 83.4 cm³/mol. The average molecular weight is 296 g/mol. The Bertz CT molecular complexity index is 437. The molecule has 0 aliphatic carbocycles. The maximum atomic E-state index is 11.8. The standard InChI is InChI=1S/C15H28N4O2/c1-10(2)19(6)8-7-16-15(20)17-11(3)9-14-12(4)18-21-13(14)5/h10-11H,7-9H2,1-6H3,(H2,16,17,20)/t11-/m1/s1. The molecule has 0 saturated heterocycles. The minimum absolute atomic E-state index is 0.0321. The number of aromatic nitrogens is 1. The van der Waals surface area contributed by atoms with E-state index in [0.29, 0.717) is 12.6 Å². The first kappa shape index (κ1) is 17.5.